The average molecular weight is 272 g/mol. The quantitative estimate of drug-likeness (QED) is 0.538. The number of hydrogen-bond donors (Lipinski definition) is 1. The molecule has 2 N–H and O–H groups in total. The smallest absolute Gasteiger partial charge is 0.0504 e. The van der Waals surface area contributed by atoms with Gasteiger partial charge in [-0.05, 0) is 34.5 Å². The number of anilines is 1. The van der Waals surface area contributed by atoms with Crippen LogP contribution in [0.1, 0.15) is 5.56 Å². The van der Waals surface area contributed by atoms with Crippen LogP contribution in [-0.2, 0) is 6.54 Å². The highest BCUT2D eigenvalue weighted by Gasteiger charge is 2.06. The second kappa shape index (κ2) is 4.67. The Labute approximate surface area is 123 Å². The molecule has 1 heterocycles. The van der Waals surface area contributed by atoms with Gasteiger partial charge in [0.25, 0.3) is 0 Å². The number of nitrogen functional groups attached to an aromatic ring is 1. The highest BCUT2D eigenvalue weighted by Crippen LogP contribution is 2.25. The zero-order valence-electron chi connectivity index (χ0n) is 11.7. The lowest BCUT2D eigenvalue weighted by Crippen LogP contribution is -1.98. The van der Waals surface area contributed by atoms with E-state index in [1.165, 1.54) is 21.9 Å². The largest absolute Gasteiger partial charge is 0.398 e. The van der Waals surface area contributed by atoms with Crippen molar-refractivity contribution in [3.05, 3.63) is 78.5 Å². The second-order valence-corrected chi connectivity index (χ2v) is 5.36. The van der Waals surface area contributed by atoms with Crippen LogP contribution >= 0.6 is 0 Å². The van der Waals surface area contributed by atoms with Crippen LogP contribution in [0.3, 0.4) is 0 Å². The third-order valence-corrected chi connectivity index (χ3v) is 4.07. The molecule has 21 heavy (non-hydrogen) atoms. The SMILES string of the molecule is Nc1cccc2c1ccn2Cc1cccc2ccccc12. The first-order valence-corrected chi connectivity index (χ1v) is 7.13. The van der Waals surface area contributed by atoms with Crippen LogP contribution in [-0.4, -0.2) is 4.57 Å². The lowest BCUT2D eigenvalue weighted by atomic mass is 10.0. The Bertz CT molecular complexity index is 929. The Morgan fingerprint density at radius 2 is 1.57 bits per heavy atom. The van der Waals surface area contributed by atoms with Crippen molar-refractivity contribution in [3.8, 4) is 0 Å². The molecule has 0 saturated carbocycles. The Kier molecular flexibility index (Phi) is 2.68. The molecule has 0 bridgehead atoms. The van der Waals surface area contributed by atoms with Gasteiger partial charge in [0.15, 0.2) is 0 Å². The molecule has 0 atom stereocenters. The molecule has 0 unspecified atom stereocenters. The van der Waals surface area contributed by atoms with Gasteiger partial charge in [0.2, 0.25) is 0 Å². The molecule has 0 aliphatic heterocycles. The molecule has 2 nitrogen and oxygen atoms in total. The molecule has 0 spiro atoms. The monoisotopic (exact) mass is 272 g/mol. The van der Waals surface area contributed by atoms with Gasteiger partial charge in [0.05, 0.1) is 5.52 Å². The number of nitrogens with two attached hydrogens (primary N) is 1. The van der Waals surface area contributed by atoms with Gasteiger partial charge in [-0.25, -0.2) is 0 Å². The first-order chi connectivity index (χ1) is 10.3. The van der Waals surface area contributed by atoms with E-state index in [0.717, 1.165) is 17.6 Å². The van der Waals surface area contributed by atoms with E-state index in [1.807, 2.05) is 12.1 Å². The Balaban J connectivity index is 1.85. The van der Waals surface area contributed by atoms with E-state index in [-0.39, 0.29) is 0 Å². The lowest BCUT2D eigenvalue weighted by Gasteiger charge is -2.09. The highest BCUT2D eigenvalue weighted by molar-refractivity contribution is 5.91. The van der Waals surface area contributed by atoms with E-state index in [0.29, 0.717) is 0 Å². The van der Waals surface area contributed by atoms with Gasteiger partial charge >= 0.3 is 0 Å². The fourth-order valence-electron chi connectivity index (χ4n) is 3.00. The molecule has 2 heteroatoms. The predicted molar refractivity (Wildman–Crippen MR) is 89.4 cm³/mol. The van der Waals surface area contributed by atoms with E-state index in [1.54, 1.807) is 0 Å². The van der Waals surface area contributed by atoms with Crippen LogP contribution in [0.5, 0.6) is 0 Å². The van der Waals surface area contributed by atoms with Gasteiger partial charge in [-0.15, -0.1) is 0 Å². The molecular weight excluding hydrogens is 256 g/mol. The van der Waals surface area contributed by atoms with Crippen LogP contribution in [0.4, 0.5) is 5.69 Å². The number of hydrogen-bond acceptors (Lipinski definition) is 1. The summed E-state index contributed by atoms with van der Waals surface area (Å²) in [7, 11) is 0. The van der Waals surface area contributed by atoms with E-state index < -0.39 is 0 Å². The van der Waals surface area contributed by atoms with Crippen LogP contribution in [0.2, 0.25) is 0 Å². The molecule has 1 aromatic heterocycles. The maximum atomic E-state index is 6.04. The molecular formula is C19H16N2. The zero-order valence-corrected chi connectivity index (χ0v) is 11.7. The summed E-state index contributed by atoms with van der Waals surface area (Å²) < 4.78 is 2.26. The summed E-state index contributed by atoms with van der Waals surface area (Å²) in [5, 5.41) is 3.72. The molecule has 102 valence electrons. The molecule has 0 saturated heterocycles. The van der Waals surface area contributed by atoms with Crippen molar-refractivity contribution in [1.29, 1.82) is 0 Å². The second-order valence-electron chi connectivity index (χ2n) is 5.36. The summed E-state index contributed by atoms with van der Waals surface area (Å²) in [4.78, 5) is 0. The van der Waals surface area contributed by atoms with Crippen LogP contribution in [0.25, 0.3) is 21.7 Å². The van der Waals surface area contributed by atoms with Gasteiger partial charge in [-0.3, -0.25) is 0 Å². The average Bonchev–Trinajstić information content (AvgIpc) is 2.92. The highest BCUT2D eigenvalue weighted by atomic mass is 15.0. The first kappa shape index (κ1) is 12.0. The van der Waals surface area contributed by atoms with E-state index in [2.05, 4.69) is 65.4 Å². The van der Waals surface area contributed by atoms with Crippen LogP contribution in [0.15, 0.2) is 72.9 Å². The van der Waals surface area contributed by atoms with E-state index in [4.69, 9.17) is 5.73 Å². The summed E-state index contributed by atoms with van der Waals surface area (Å²) in [6, 6.07) is 23.2. The maximum Gasteiger partial charge on any atom is 0.0504 e. The normalized spacial score (nSPS) is 11.2. The number of aromatic nitrogens is 1. The molecule has 0 aliphatic carbocycles. The molecule has 4 rings (SSSR count). The van der Waals surface area contributed by atoms with Gasteiger partial charge in [0.1, 0.15) is 0 Å². The van der Waals surface area contributed by atoms with Crippen LogP contribution in [0, 0.1) is 0 Å². The summed E-state index contributed by atoms with van der Waals surface area (Å²) >= 11 is 0. The molecule has 3 aromatic carbocycles. The molecule has 0 aliphatic rings. The zero-order chi connectivity index (χ0) is 14.2. The third-order valence-electron chi connectivity index (χ3n) is 4.07. The number of nitrogens with zero attached hydrogens (tertiary/aromatic N) is 1. The molecule has 0 amide bonds. The predicted octanol–water partition coefficient (Wildman–Crippen LogP) is 4.43. The van der Waals surface area contributed by atoms with Gasteiger partial charge in [-0.2, -0.15) is 0 Å². The van der Waals surface area contributed by atoms with E-state index >= 15 is 0 Å². The number of fused-ring (bicyclic) bond motifs is 2. The third kappa shape index (κ3) is 1.96. The number of benzene rings is 3. The van der Waals surface area contributed by atoms with Crippen molar-refractivity contribution >= 4 is 27.4 Å². The fourth-order valence-corrected chi connectivity index (χ4v) is 3.00. The van der Waals surface area contributed by atoms with Crippen molar-refractivity contribution in [3.63, 3.8) is 0 Å². The maximum absolute atomic E-state index is 6.04. The minimum Gasteiger partial charge on any atom is -0.398 e. The number of rotatable bonds is 2. The van der Waals surface area contributed by atoms with Crippen LogP contribution < -0.4 is 5.73 Å². The van der Waals surface area contributed by atoms with Crippen molar-refractivity contribution in [2.24, 2.45) is 0 Å². The van der Waals surface area contributed by atoms with E-state index in [9.17, 15) is 0 Å². The van der Waals surface area contributed by atoms with Gasteiger partial charge < -0.3 is 10.3 Å². The Morgan fingerprint density at radius 3 is 2.52 bits per heavy atom. The minimum atomic E-state index is 0.837. The van der Waals surface area contributed by atoms with Gasteiger partial charge in [-0.1, -0.05) is 48.5 Å². The first-order valence-electron chi connectivity index (χ1n) is 7.13. The van der Waals surface area contributed by atoms with Gasteiger partial charge in [0, 0.05) is 23.8 Å². The van der Waals surface area contributed by atoms with Crippen molar-refractivity contribution in [2.75, 3.05) is 5.73 Å². The molecule has 0 fully saturated rings. The van der Waals surface area contributed by atoms with Crippen molar-refractivity contribution in [2.45, 2.75) is 6.54 Å². The Hall–Kier alpha value is -2.74. The summed E-state index contributed by atoms with van der Waals surface area (Å²) in [5.41, 5.74) is 9.39. The van der Waals surface area contributed by atoms with Crippen molar-refractivity contribution < 1.29 is 0 Å². The summed E-state index contributed by atoms with van der Waals surface area (Å²) in [5.74, 6) is 0. The minimum absolute atomic E-state index is 0.837. The summed E-state index contributed by atoms with van der Waals surface area (Å²) in [6.07, 6.45) is 2.11. The van der Waals surface area contributed by atoms with Crippen molar-refractivity contribution in [1.82, 2.24) is 4.57 Å². The summed E-state index contributed by atoms with van der Waals surface area (Å²) in [6.45, 7) is 0.855. The lowest BCUT2D eigenvalue weighted by molar-refractivity contribution is 0.843. The molecule has 0 radical (unpaired) electrons. The fraction of sp³-hybridized carbons (Fsp3) is 0.0526. The standard InChI is InChI=1S/C19H16N2/c20-18-9-4-10-19-17(18)11-12-21(19)13-15-7-3-6-14-5-1-2-8-16(14)15/h1-12H,13,20H2. The molecule has 4 aromatic rings. The Morgan fingerprint density at radius 1 is 0.762 bits per heavy atom. The topological polar surface area (TPSA) is 30.9 Å².